The third-order valence-electron chi connectivity index (χ3n) is 6.26. The standard InChI is InChI=1S/C25H25N3O4/c1-15(2)22-26-21(24(29)30)23-27(22)12-7-13-28(23)25(31)32-14-20-18-10-5-3-8-16(18)17-9-4-6-11-19(17)20/h3-6,8-11,15,20H,7,12-14H2,1-2H3,(H,29,30). The number of aromatic carboxylic acids is 1. The molecule has 0 fully saturated rings. The topological polar surface area (TPSA) is 84.7 Å². The molecular weight excluding hydrogens is 406 g/mol. The van der Waals surface area contributed by atoms with Gasteiger partial charge in [0.15, 0.2) is 11.5 Å². The molecule has 7 heteroatoms. The second-order valence-electron chi connectivity index (χ2n) is 8.56. The molecule has 5 rings (SSSR count). The molecule has 1 aliphatic carbocycles. The zero-order valence-electron chi connectivity index (χ0n) is 18.1. The molecule has 0 saturated heterocycles. The van der Waals surface area contributed by atoms with Crippen LogP contribution in [0.5, 0.6) is 0 Å². The lowest BCUT2D eigenvalue weighted by atomic mass is 9.98. The Morgan fingerprint density at radius 2 is 1.69 bits per heavy atom. The molecule has 0 bridgehead atoms. The molecule has 2 heterocycles. The van der Waals surface area contributed by atoms with Gasteiger partial charge in [0, 0.05) is 24.9 Å². The molecule has 0 radical (unpaired) electrons. The number of carboxylic acids is 1. The molecular formula is C25H25N3O4. The highest BCUT2D eigenvalue weighted by Crippen LogP contribution is 2.44. The van der Waals surface area contributed by atoms with Gasteiger partial charge in [0.2, 0.25) is 0 Å². The highest BCUT2D eigenvalue weighted by molar-refractivity contribution is 5.98. The summed E-state index contributed by atoms with van der Waals surface area (Å²) in [5.41, 5.74) is 4.50. The molecule has 1 aromatic heterocycles. The average Bonchev–Trinajstić information content (AvgIpc) is 3.34. The van der Waals surface area contributed by atoms with E-state index >= 15 is 0 Å². The highest BCUT2D eigenvalue weighted by atomic mass is 16.6. The molecule has 0 atom stereocenters. The first-order valence-corrected chi connectivity index (χ1v) is 10.9. The van der Waals surface area contributed by atoms with Gasteiger partial charge in [-0.3, -0.25) is 4.90 Å². The number of hydrogen-bond donors (Lipinski definition) is 1. The Morgan fingerprint density at radius 1 is 1.06 bits per heavy atom. The van der Waals surface area contributed by atoms with Gasteiger partial charge in [-0.05, 0) is 28.7 Å². The van der Waals surface area contributed by atoms with Crippen LogP contribution in [0.25, 0.3) is 11.1 Å². The van der Waals surface area contributed by atoms with E-state index in [2.05, 4.69) is 29.2 Å². The lowest BCUT2D eigenvalue weighted by molar-refractivity contribution is 0.0691. The van der Waals surface area contributed by atoms with Crippen molar-refractivity contribution in [2.45, 2.75) is 38.6 Å². The van der Waals surface area contributed by atoms with E-state index in [0.29, 0.717) is 31.2 Å². The number of carbonyl (C=O) groups is 2. The van der Waals surface area contributed by atoms with Crippen molar-refractivity contribution in [2.24, 2.45) is 0 Å². The van der Waals surface area contributed by atoms with Gasteiger partial charge in [0.05, 0.1) is 0 Å². The van der Waals surface area contributed by atoms with E-state index in [1.807, 2.05) is 42.7 Å². The minimum absolute atomic E-state index is 0.0457. The zero-order chi connectivity index (χ0) is 22.4. The summed E-state index contributed by atoms with van der Waals surface area (Å²) in [6.45, 7) is 5.16. The summed E-state index contributed by atoms with van der Waals surface area (Å²) < 4.78 is 7.64. The molecule has 164 valence electrons. The molecule has 0 unspecified atom stereocenters. The van der Waals surface area contributed by atoms with E-state index in [1.165, 1.54) is 4.90 Å². The van der Waals surface area contributed by atoms with Gasteiger partial charge in [-0.2, -0.15) is 0 Å². The highest BCUT2D eigenvalue weighted by Gasteiger charge is 2.35. The number of fused-ring (bicyclic) bond motifs is 4. The first-order chi connectivity index (χ1) is 15.5. The number of aromatic nitrogens is 2. The lowest BCUT2D eigenvalue weighted by Crippen LogP contribution is -2.39. The van der Waals surface area contributed by atoms with Crippen LogP contribution in [-0.2, 0) is 11.3 Å². The van der Waals surface area contributed by atoms with Crippen LogP contribution in [0.15, 0.2) is 48.5 Å². The average molecular weight is 431 g/mol. The second-order valence-corrected chi connectivity index (χ2v) is 8.56. The Labute approximate surface area is 186 Å². The number of rotatable bonds is 4. The third kappa shape index (κ3) is 3.16. The van der Waals surface area contributed by atoms with E-state index < -0.39 is 12.1 Å². The number of carboxylic acid groups (broad SMARTS) is 1. The number of amides is 1. The Bertz CT molecular complexity index is 1170. The third-order valence-corrected chi connectivity index (χ3v) is 6.26. The maximum absolute atomic E-state index is 13.2. The number of anilines is 1. The summed E-state index contributed by atoms with van der Waals surface area (Å²) in [7, 11) is 0. The molecule has 32 heavy (non-hydrogen) atoms. The second kappa shape index (κ2) is 7.82. The van der Waals surface area contributed by atoms with Crippen LogP contribution in [0.4, 0.5) is 10.6 Å². The SMILES string of the molecule is CC(C)c1nc(C(=O)O)c2n1CCCN2C(=O)OCC1c2ccccc2-c2ccccc21. The Balaban J connectivity index is 1.43. The van der Waals surface area contributed by atoms with Crippen LogP contribution in [0.2, 0.25) is 0 Å². The quantitative estimate of drug-likeness (QED) is 0.637. The maximum atomic E-state index is 13.2. The molecule has 0 saturated carbocycles. The molecule has 1 amide bonds. The molecule has 1 N–H and O–H groups in total. The van der Waals surface area contributed by atoms with Gasteiger partial charge in [0.1, 0.15) is 12.4 Å². The van der Waals surface area contributed by atoms with Crippen molar-refractivity contribution in [1.82, 2.24) is 9.55 Å². The van der Waals surface area contributed by atoms with Crippen LogP contribution < -0.4 is 4.90 Å². The van der Waals surface area contributed by atoms with E-state index in [1.54, 1.807) is 0 Å². The molecule has 3 aromatic rings. The van der Waals surface area contributed by atoms with E-state index in [-0.39, 0.29) is 24.1 Å². The fraction of sp³-hybridized carbons (Fsp3) is 0.320. The monoisotopic (exact) mass is 431 g/mol. The van der Waals surface area contributed by atoms with Crippen LogP contribution in [0.1, 0.15) is 59.5 Å². The first-order valence-electron chi connectivity index (χ1n) is 10.9. The van der Waals surface area contributed by atoms with Crippen LogP contribution in [0.3, 0.4) is 0 Å². The van der Waals surface area contributed by atoms with Gasteiger partial charge in [0.25, 0.3) is 0 Å². The number of carbonyl (C=O) groups excluding carboxylic acids is 1. The minimum atomic E-state index is -1.14. The Hall–Kier alpha value is -3.61. The Kier molecular flexibility index (Phi) is 4.96. The predicted octanol–water partition coefficient (Wildman–Crippen LogP) is 4.86. The smallest absolute Gasteiger partial charge is 0.415 e. The largest absolute Gasteiger partial charge is 0.476 e. The number of ether oxygens (including phenoxy) is 1. The van der Waals surface area contributed by atoms with Crippen LogP contribution >= 0.6 is 0 Å². The van der Waals surface area contributed by atoms with Crippen molar-refractivity contribution in [2.75, 3.05) is 18.1 Å². The van der Waals surface area contributed by atoms with Crippen LogP contribution in [-0.4, -0.2) is 39.9 Å². The van der Waals surface area contributed by atoms with Crippen molar-refractivity contribution in [1.29, 1.82) is 0 Å². The normalized spacial score (nSPS) is 14.8. The lowest BCUT2D eigenvalue weighted by Gasteiger charge is -2.29. The van der Waals surface area contributed by atoms with Gasteiger partial charge in [-0.15, -0.1) is 0 Å². The summed E-state index contributed by atoms with van der Waals surface area (Å²) in [5, 5.41) is 9.70. The molecule has 1 aliphatic heterocycles. The van der Waals surface area contributed by atoms with Gasteiger partial charge >= 0.3 is 12.1 Å². The summed E-state index contributed by atoms with van der Waals surface area (Å²) in [4.78, 5) is 30.8. The van der Waals surface area contributed by atoms with Gasteiger partial charge in [-0.1, -0.05) is 62.4 Å². The van der Waals surface area contributed by atoms with Crippen molar-refractivity contribution < 1.29 is 19.4 Å². The van der Waals surface area contributed by atoms with Crippen molar-refractivity contribution in [3.8, 4) is 11.1 Å². The van der Waals surface area contributed by atoms with Crippen molar-refractivity contribution in [3.63, 3.8) is 0 Å². The predicted molar refractivity (Wildman–Crippen MR) is 120 cm³/mol. The first kappa shape index (κ1) is 20.3. The zero-order valence-corrected chi connectivity index (χ0v) is 18.1. The molecule has 7 nitrogen and oxygen atoms in total. The number of nitrogens with zero attached hydrogens (tertiary/aromatic N) is 3. The Morgan fingerprint density at radius 3 is 2.28 bits per heavy atom. The fourth-order valence-corrected chi connectivity index (χ4v) is 4.88. The molecule has 0 spiro atoms. The summed E-state index contributed by atoms with van der Waals surface area (Å²) in [6.07, 6.45) is 0.178. The van der Waals surface area contributed by atoms with E-state index in [4.69, 9.17) is 4.74 Å². The van der Waals surface area contributed by atoms with E-state index in [0.717, 1.165) is 22.3 Å². The molecule has 2 aliphatic rings. The summed E-state index contributed by atoms with van der Waals surface area (Å²) >= 11 is 0. The van der Waals surface area contributed by atoms with Crippen molar-refractivity contribution >= 4 is 17.9 Å². The summed E-state index contributed by atoms with van der Waals surface area (Å²) in [5.74, 6) is -0.146. The minimum Gasteiger partial charge on any atom is -0.476 e. The van der Waals surface area contributed by atoms with Gasteiger partial charge in [-0.25, -0.2) is 14.6 Å². The van der Waals surface area contributed by atoms with Crippen molar-refractivity contribution in [3.05, 3.63) is 71.2 Å². The maximum Gasteiger partial charge on any atom is 0.415 e. The number of hydrogen-bond acceptors (Lipinski definition) is 4. The number of imidazole rings is 1. The fourth-order valence-electron chi connectivity index (χ4n) is 4.88. The van der Waals surface area contributed by atoms with Gasteiger partial charge < -0.3 is 14.4 Å². The molecule has 2 aromatic carbocycles. The number of benzene rings is 2. The summed E-state index contributed by atoms with van der Waals surface area (Å²) in [6, 6.07) is 16.3. The van der Waals surface area contributed by atoms with Crippen LogP contribution in [0, 0.1) is 0 Å². The van der Waals surface area contributed by atoms with E-state index in [9.17, 15) is 14.7 Å².